The van der Waals surface area contributed by atoms with Crippen molar-refractivity contribution in [3.05, 3.63) is 84.2 Å². The summed E-state index contributed by atoms with van der Waals surface area (Å²) in [6, 6.07) is 22.3. The number of amides is 2. The minimum atomic E-state index is -0.245. The van der Waals surface area contributed by atoms with Crippen LogP contribution in [0.1, 0.15) is 42.9 Å². The highest BCUT2D eigenvalue weighted by Crippen LogP contribution is 2.27. The van der Waals surface area contributed by atoms with Crippen molar-refractivity contribution in [2.75, 3.05) is 24.3 Å². The molecule has 2 amide bonds. The second-order valence-corrected chi connectivity index (χ2v) is 11.4. The summed E-state index contributed by atoms with van der Waals surface area (Å²) < 4.78 is 14.1. The van der Waals surface area contributed by atoms with Crippen molar-refractivity contribution in [1.82, 2.24) is 25.1 Å². The van der Waals surface area contributed by atoms with Crippen LogP contribution >= 0.6 is 23.1 Å². The van der Waals surface area contributed by atoms with E-state index in [9.17, 15) is 9.59 Å². The summed E-state index contributed by atoms with van der Waals surface area (Å²) in [6.45, 7) is 5.37. The molecule has 2 heterocycles. The Bertz CT molecular complexity index is 1640. The van der Waals surface area contributed by atoms with Gasteiger partial charge in [-0.25, -0.2) is 4.98 Å². The summed E-state index contributed by atoms with van der Waals surface area (Å²) in [5, 5.41) is 15.6. The Balaban J connectivity index is 1.27. The van der Waals surface area contributed by atoms with Crippen LogP contribution in [0.3, 0.4) is 0 Å². The van der Waals surface area contributed by atoms with Crippen molar-refractivity contribution in [3.8, 4) is 17.2 Å². The molecule has 10 nitrogen and oxygen atoms in total. The number of hydrogen-bond acceptors (Lipinski definition) is 9. The molecule has 0 aliphatic rings. The number of carbonyl (C=O) groups is 2. The van der Waals surface area contributed by atoms with Crippen LogP contribution < -0.4 is 20.1 Å². The SMILES string of the molecule is CCCCOc1ccc(C(=O)NCc2nnc(SCC(=O)Nc3nc4ccccc4s3)n2-c2ccc(OCC)cc2)cc1. The summed E-state index contributed by atoms with van der Waals surface area (Å²) in [6.07, 6.45) is 2.03. The summed E-state index contributed by atoms with van der Waals surface area (Å²) in [5.74, 6) is 1.64. The lowest BCUT2D eigenvalue weighted by molar-refractivity contribution is -0.113. The maximum Gasteiger partial charge on any atom is 0.251 e. The van der Waals surface area contributed by atoms with Crippen LogP contribution in [0.5, 0.6) is 11.5 Å². The number of aromatic nitrogens is 4. The number of rotatable bonds is 14. The van der Waals surface area contributed by atoms with Gasteiger partial charge in [0, 0.05) is 11.3 Å². The molecular formula is C31H32N6O4S2. The van der Waals surface area contributed by atoms with Gasteiger partial charge < -0.3 is 20.1 Å². The van der Waals surface area contributed by atoms with Gasteiger partial charge in [0.05, 0.1) is 35.7 Å². The number of hydrogen-bond donors (Lipinski definition) is 2. The van der Waals surface area contributed by atoms with Gasteiger partial charge in [-0.1, -0.05) is 48.6 Å². The molecule has 0 spiro atoms. The van der Waals surface area contributed by atoms with Gasteiger partial charge in [-0.15, -0.1) is 10.2 Å². The summed E-state index contributed by atoms with van der Waals surface area (Å²) in [4.78, 5) is 30.2. The number of nitrogens with zero attached hydrogens (tertiary/aromatic N) is 4. The Morgan fingerprint density at radius 3 is 2.42 bits per heavy atom. The molecule has 222 valence electrons. The molecule has 2 aromatic heterocycles. The van der Waals surface area contributed by atoms with E-state index >= 15 is 0 Å². The van der Waals surface area contributed by atoms with E-state index in [1.54, 1.807) is 24.3 Å². The fourth-order valence-electron chi connectivity index (χ4n) is 4.14. The summed E-state index contributed by atoms with van der Waals surface area (Å²) in [7, 11) is 0. The first-order valence-corrected chi connectivity index (χ1v) is 15.8. The van der Waals surface area contributed by atoms with Gasteiger partial charge in [-0.2, -0.15) is 0 Å². The van der Waals surface area contributed by atoms with Gasteiger partial charge >= 0.3 is 0 Å². The highest BCUT2D eigenvalue weighted by Gasteiger charge is 2.18. The van der Waals surface area contributed by atoms with Crippen LogP contribution in [0.4, 0.5) is 5.13 Å². The topological polar surface area (TPSA) is 120 Å². The zero-order valence-electron chi connectivity index (χ0n) is 23.9. The molecule has 0 saturated heterocycles. The van der Waals surface area contributed by atoms with Gasteiger partial charge in [0.2, 0.25) is 5.91 Å². The number of ether oxygens (including phenoxy) is 2. The minimum absolute atomic E-state index is 0.101. The van der Waals surface area contributed by atoms with Gasteiger partial charge in [0.25, 0.3) is 5.91 Å². The maximum absolute atomic E-state index is 12.9. The molecule has 0 bridgehead atoms. The first kappa shape index (κ1) is 30.1. The molecule has 5 aromatic rings. The van der Waals surface area contributed by atoms with Crippen LogP contribution in [0.2, 0.25) is 0 Å². The Morgan fingerprint density at radius 2 is 1.67 bits per heavy atom. The molecule has 3 aromatic carbocycles. The van der Waals surface area contributed by atoms with Crippen molar-refractivity contribution in [2.24, 2.45) is 0 Å². The fourth-order valence-corrected chi connectivity index (χ4v) is 5.79. The molecule has 0 aliphatic carbocycles. The Kier molecular flexibility index (Phi) is 10.2. The van der Waals surface area contributed by atoms with Crippen molar-refractivity contribution in [1.29, 1.82) is 0 Å². The Labute approximate surface area is 257 Å². The van der Waals surface area contributed by atoms with E-state index in [2.05, 4.69) is 32.7 Å². The molecule has 0 unspecified atom stereocenters. The molecule has 5 rings (SSSR count). The average molecular weight is 617 g/mol. The first-order chi connectivity index (χ1) is 21.0. The van der Waals surface area contributed by atoms with Crippen LogP contribution in [0, 0.1) is 0 Å². The van der Waals surface area contributed by atoms with E-state index in [0.717, 1.165) is 40.2 Å². The van der Waals surface area contributed by atoms with Crippen LogP contribution in [0.15, 0.2) is 78.0 Å². The van der Waals surface area contributed by atoms with Crippen LogP contribution in [-0.4, -0.2) is 50.5 Å². The van der Waals surface area contributed by atoms with Crippen molar-refractivity contribution < 1.29 is 19.1 Å². The number of nitrogens with one attached hydrogen (secondary N) is 2. The van der Waals surface area contributed by atoms with E-state index in [0.29, 0.717) is 34.9 Å². The molecule has 12 heteroatoms. The second-order valence-electron chi connectivity index (χ2n) is 9.39. The molecule has 0 saturated carbocycles. The minimum Gasteiger partial charge on any atom is -0.494 e. The predicted molar refractivity (Wildman–Crippen MR) is 170 cm³/mol. The smallest absolute Gasteiger partial charge is 0.251 e. The molecule has 43 heavy (non-hydrogen) atoms. The third-order valence-corrected chi connectivity index (χ3v) is 8.15. The second kappa shape index (κ2) is 14.7. The average Bonchev–Trinajstić information content (AvgIpc) is 3.63. The number of unbranched alkanes of at least 4 members (excludes halogenated alkanes) is 1. The van der Waals surface area contributed by atoms with Gasteiger partial charge in [-0.05, 0) is 74.0 Å². The molecule has 2 N–H and O–H groups in total. The monoisotopic (exact) mass is 616 g/mol. The molecule has 0 aliphatic heterocycles. The number of carbonyl (C=O) groups excluding carboxylic acids is 2. The number of benzene rings is 3. The Hall–Kier alpha value is -4.42. The lowest BCUT2D eigenvalue weighted by atomic mass is 10.2. The third kappa shape index (κ3) is 7.90. The number of anilines is 1. The number of fused-ring (bicyclic) bond motifs is 1. The summed E-state index contributed by atoms with van der Waals surface area (Å²) >= 11 is 2.67. The fraction of sp³-hybridized carbons (Fsp3) is 0.258. The van der Waals surface area contributed by atoms with E-state index < -0.39 is 0 Å². The van der Waals surface area contributed by atoms with E-state index in [-0.39, 0.29) is 24.1 Å². The molecule has 0 fully saturated rings. The lowest BCUT2D eigenvalue weighted by Gasteiger charge is -2.12. The van der Waals surface area contributed by atoms with Crippen LogP contribution in [0.25, 0.3) is 15.9 Å². The zero-order valence-corrected chi connectivity index (χ0v) is 25.5. The van der Waals surface area contributed by atoms with Crippen molar-refractivity contribution in [2.45, 2.75) is 38.4 Å². The van der Waals surface area contributed by atoms with Gasteiger partial charge in [0.15, 0.2) is 16.1 Å². The predicted octanol–water partition coefficient (Wildman–Crippen LogP) is 6.12. The standard InChI is InChI=1S/C31H32N6O4S2/c1-3-5-18-41-24-14-10-21(11-15-24)29(39)32-19-27-35-36-31(37(27)22-12-16-23(17-13-22)40-4-2)42-20-28(38)34-30-33-25-8-6-7-9-26(25)43-30/h6-17H,3-5,18-20H2,1-2H3,(H,32,39)(H,33,34,38). The molecular weight excluding hydrogens is 585 g/mol. The van der Waals surface area contributed by atoms with Crippen LogP contribution in [-0.2, 0) is 11.3 Å². The van der Waals surface area contributed by atoms with E-state index in [4.69, 9.17) is 9.47 Å². The number of thioether (sulfide) groups is 1. The number of para-hydroxylation sites is 1. The quantitative estimate of drug-likeness (QED) is 0.113. The van der Waals surface area contributed by atoms with E-state index in [1.165, 1.54) is 23.1 Å². The largest absolute Gasteiger partial charge is 0.494 e. The first-order valence-electron chi connectivity index (χ1n) is 14.0. The highest BCUT2D eigenvalue weighted by molar-refractivity contribution is 7.99. The Morgan fingerprint density at radius 1 is 0.930 bits per heavy atom. The number of thiazole rings is 1. The zero-order chi connectivity index (χ0) is 30.0. The molecule has 0 radical (unpaired) electrons. The normalized spacial score (nSPS) is 10.9. The van der Waals surface area contributed by atoms with E-state index in [1.807, 2.05) is 60.0 Å². The highest BCUT2D eigenvalue weighted by atomic mass is 32.2. The summed E-state index contributed by atoms with van der Waals surface area (Å²) in [5.41, 5.74) is 2.13. The van der Waals surface area contributed by atoms with Gasteiger partial charge in [0.1, 0.15) is 11.5 Å². The maximum atomic E-state index is 12.9. The lowest BCUT2D eigenvalue weighted by Crippen LogP contribution is -2.24. The van der Waals surface area contributed by atoms with Crippen molar-refractivity contribution >= 4 is 50.3 Å². The third-order valence-electron chi connectivity index (χ3n) is 6.27. The van der Waals surface area contributed by atoms with Gasteiger partial charge in [-0.3, -0.25) is 14.2 Å². The van der Waals surface area contributed by atoms with Crippen molar-refractivity contribution in [3.63, 3.8) is 0 Å². The molecule has 0 atom stereocenters.